The monoisotopic (exact) mass is 544 g/mol. The van der Waals surface area contributed by atoms with Gasteiger partial charge in [-0.15, -0.1) is 0 Å². The van der Waals surface area contributed by atoms with Crippen LogP contribution in [0.3, 0.4) is 0 Å². The maximum Gasteiger partial charge on any atom is 0.326 e. The molecule has 0 aliphatic rings. The molecule has 0 saturated carbocycles. The molecular formula is C26H40N8O5. The number of guanidine groups is 1. The number of nitrogens with zero attached hydrogens (tertiary/aromatic N) is 2. The lowest BCUT2D eigenvalue weighted by molar-refractivity contribution is -0.142. The highest BCUT2D eigenvalue weighted by molar-refractivity contribution is 5.92. The summed E-state index contributed by atoms with van der Waals surface area (Å²) >= 11 is 0. The molecule has 214 valence electrons. The summed E-state index contributed by atoms with van der Waals surface area (Å²) in [6.07, 6.45) is 3.88. The van der Waals surface area contributed by atoms with E-state index in [9.17, 15) is 19.5 Å². The van der Waals surface area contributed by atoms with Gasteiger partial charge in [-0.2, -0.15) is 0 Å². The number of carbonyl (C=O) groups is 3. The molecule has 39 heavy (non-hydrogen) atoms. The normalized spacial score (nSPS) is 13.1. The van der Waals surface area contributed by atoms with Crippen LogP contribution in [-0.2, 0) is 14.4 Å². The fourth-order valence-electron chi connectivity index (χ4n) is 3.92. The van der Waals surface area contributed by atoms with E-state index in [-0.39, 0.29) is 37.2 Å². The predicted octanol–water partition coefficient (Wildman–Crippen LogP) is 0.671. The van der Waals surface area contributed by atoms with Crippen LogP contribution in [0.4, 0.5) is 5.69 Å². The van der Waals surface area contributed by atoms with Gasteiger partial charge in [0.2, 0.25) is 11.8 Å². The second-order valence-corrected chi connectivity index (χ2v) is 9.28. The van der Waals surface area contributed by atoms with Gasteiger partial charge in [-0.1, -0.05) is 6.07 Å². The number of aliphatic carboxylic acids is 1. The molecule has 1 unspecified atom stereocenters. The molecular weight excluding hydrogens is 504 g/mol. The quantitative estimate of drug-likeness (QED) is 0.0838. The molecule has 0 fully saturated rings. The molecule has 0 saturated heterocycles. The van der Waals surface area contributed by atoms with E-state index in [4.69, 9.17) is 21.9 Å². The Bertz CT molecular complexity index is 1140. The van der Waals surface area contributed by atoms with Crippen LogP contribution in [0.15, 0.2) is 35.5 Å². The highest BCUT2D eigenvalue weighted by atomic mass is 16.5. The van der Waals surface area contributed by atoms with Gasteiger partial charge in [0.25, 0.3) is 0 Å². The van der Waals surface area contributed by atoms with Crippen molar-refractivity contribution in [3.63, 3.8) is 0 Å². The van der Waals surface area contributed by atoms with Crippen molar-refractivity contribution in [2.75, 3.05) is 25.5 Å². The Kier molecular flexibility index (Phi) is 12.7. The molecule has 1 aromatic carbocycles. The molecule has 0 aliphatic heterocycles. The molecule has 13 nitrogen and oxygen atoms in total. The zero-order chi connectivity index (χ0) is 28.8. The van der Waals surface area contributed by atoms with Crippen molar-refractivity contribution in [2.24, 2.45) is 22.2 Å². The second kappa shape index (κ2) is 16.0. The third-order valence-corrected chi connectivity index (χ3v) is 6.03. The van der Waals surface area contributed by atoms with Gasteiger partial charge in [-0.05, 0) is 51.2 Å². The predicted molar refractivity (Wildman–Crippen MR) is 150 cm³/mol. The van der Waals surface area contributed by atoms with Gasteiger partial charge < -0.3 is 43.0 Å². The lowest BCUT2D eigenvalue weighted by atomic mass is 10.1. The third-order valence-electron chi connectivity index (χ3n) is 6.03. The van der Waals surface area contributed by atoms with Crippen LogP contribution in [0.5, 0.6) is 5.75 Å². The zero-order valence-corrected chi connectivity index (χ0v) is 22.5. The number of nitrogens with two attached hydrogens (primary N) is 3. The minimum atomic E-state index is -1.23. The average molecular weight is 545 g/mol. The van der Waals surface area contributed by atoms with Crippen LogP contribution in [0.25, 0.3) is 10.9 Å². The van der Waals surface area contributed by atoms with Gasteiger partial charge in [0.1, 0.15) is 11.8 Å². The number of amides is 2. The number of nitrogens with one attached hydrogen (secondary N) is 3. The first-order valence-electron chi connectivity index (χ1n) is 12.9. The molecule has 0 bridgehead atoms. The Morgan fingerprint density at radius 2 is 1.92 bits per heavy atom. The maximum absolute atomic E-state index is 12.3. The van der Waals surface area contributed by atoms with Gasteiger partial charge in [-0.3, -0.25) is 19.6 Å². The molecule has 1 heterocycles. The smallest absolute Gasteiger partial charge is 0.326 e. The molecule has 0 aliphatic carbocycles. The van der Waals surface area contributed by atoms with Gasteiger partial charge in [0, 0.05) is 43.2 Å². The minimum Gasteiger partial charge on any atom is -0.497 e. The third kappa shape index (κ3) is 11.0. The largest absolute Gasteiger partial charge is 0.497 e. The Balaban J connectivity index is 1.72. The average Bonchev–Trinajstić information content (AvgIpc) is 2.90. The number of aliphatic imine (C=N–C) groups is 1. The van der Waals surface area contributed by atoms with Crippen LogP contribution in [0.1, 0.15) is 45.4 Å². The minimum absolute atomic E-state index is 0.0494. The van der Waals surface area contributed by atoms with Gasteiger partial charge >= 0.3 is 5.97 Å². The molecule has 1 aromatic heterocycles. The summed E-state index contributed by atoms with van der Waals surface area (Å²) in [5.74, 6) is -1.45. The molecule has 0 spiro atoms. The fourth-order valence-corrected chi connectivity index (χ4v) is 3.92. The summed E-state index contributed by atoms with van der Waals surface area (Å²) in [6, 6.07) is 5.67. The molecule has 2 amide bonds. The number of anilines is 1. The molecule has 0 radical (unpaired) electrons. The van der Waals surface area contributed by atoms with Crippen LogP contribution >= 0.6 is 0 Å². The first kappa shape index (κ1) is 31.1. The standard InChI is InChI=1S/C26H40N8O5/c1-16(33-21-15-18(39-2)14-17-7-4-12-31-23(17)21)6-3-11-30-22(35)10-9-20(25(37)38)34-24(36)19(27)8-5-13-32-26(28)29/h4,7,12,14-16,19-20,33H,3,5-6,8-11,13,27H2,1-2H3,(H,30,35)(H,34,36)(H,37,38)(H4,28,29,32)/t16?,19-,20-/m1/s1. The van der Waals surface area contributed by atoms with Gasteiger partial charge in [0.15, 0.2) is 5.96 Å². The van der Waals surface area contributed by atoms with E-state index in [1.165, 1.54) is 0 Å². The molecule has 2 aromatic rings. The number of fused-ring (bicyclic) bond motifs is 1. The van der Waals surface area contributed by atoms with Gasteiger partial charge in [-0.25, -0.2) is 4.79 Å². The first-order chi connectivity index (χ1) is 18.6. The van der Waals surface area contributed by atoms with Crippen LogP contribution in [0, 0.1) is 0 Å². The summed E-state index contributed by atoms with van der Waals surface area (Å²) in [5, 5.41) is 19.1. The van der Waals surface area contributed by atoms with E-state index in [1.54, 1.807) is 13.3 Å². The van der Waals surface area contributed by atoms with Crippen LogP contribution in [-0.4, -0.2) is 72.2 Å². The number of hydrogen-bond acceptors (Lipinski definition) is 8. The lowest BCUT2D eigenvalue weighted by Crippen LogP contribution is -2.48. The fraction of sp³-hybridized carbons (Fsp3) is 0.500. The number of rotatable bonds is 17. The SMILES string of the molecule is COc1cc(NC(C)CCCNC(=O)CC[C@@H](NC(=O)[C@H](N)CCCN=C(N)N)C(=O)O)c2ncccc2c1. The lowest BCUT2D eigenvalue weighted by Gasteiger charge is -2.18. The Hall–Kier alpha value is -4.13. The summed E-state index contributed by atoms with van der Waals surface area (Å²) < 4.78 is 5.39. The van der Waals surface area contributed by atoms with E-state index >= 15 is 0 Å². The summed E-state index contributed by atoms with van der Waals surface area (Å²) in [6.45, 7) is 2.80. The summed E-state index contributed by atoms with van der Waals surface area (Å²) in [4.78, 5) is 44.3. The van der Waals surface area contributed by atoms with Crippen LogP contribution in [0.2, 0.25) is 0 Å². The molecule has 3 atom stereocenters. The van der Waals surface area contributed by atoms with Crippen molar-refractivity contribution in [1.29, 1.82) is 0 Å². The Labute approximate surface area is 227 Å². The number of carboxylic acids is 1. The van der Waals surface area contributed by atoms with E-state index in [2.05, 4.69) is 25.9 Å². The van der Waals surface area contributed by atoms with Crippen molar-refractivity contribution in [3.05, 3.63) is 30.5 Å². The first-order valence-corrected chi connectivity index (χ1v) is 12.9. The number of benzene rings is 1. The van der Waals surface area contributed by atoms with Crippen LogP contribution < -0.4 is 37.9 Å². The number of aromatic nitrogens is 1. The van der Waals surface area contributed by atoms with Crippen molar-refractivity contribution < 1.29 is 24.2 Å². The Morgan fingerprint density at radius 3 is 2.62 bits per heavy atom. The highest BCUT2D eigenvalue weighted by Crippen LogP contribution is 2.28. The van der Waals surface area contributed by atoms with E-state index < -0.39 is 24.0 Å². The van der Waals surface area contributed by atoms with Crippen molar-refractivity contribution in [2.45, 2.75) is 63.6 Å². The second-order valence-electron chi connectivity index (χ2n) is 9.28. The number of carbonyl (C=O) groups excluding carboxylic acids is 2. The number of methoxy groups -OCH3 is 1. The molecule has 13 heteroatoms. The number of pyridine rings is 1. The summed E-state index contributed by atoms with van der Waals surface area (Å²) in [7, 11) is 1.62. The maximum atomic E-state index is 12.3. The van der Waals surface area contributed by atoms with Crippen molar-refractivity contribution in [1.82, 2.24) is 15.6 Å². The number of hydrogen-bond donors (Lipinski definition) is 7. The molecule has 2 rings (SSSR count). The van der Waals surface area contributed by atoms with E-state index in [1.807, 2.05) is 31.2 Å². The van der Waals surface area contributed by atoms with Crippen molar-refractivity contribution >= 4 is 40.3 Å². The van der Waals surface area contributed by atoms with E-state index in [0.717, 1.165) is 28.8 Å². The van der Waals surface area contributed by atoms with E-state index in [0.29, 0.717) is 25.9 Å². The number of ether oxygens (including phenoxy) is 1. The number of carboxylic acid groups (broad SMARTS) is 1. The highest BCUT2D eigenvalue weighted by Gasteiger charge is 2.23. The van der Waals surface area contributed by atoms with Gasteiger partial charge in [0.05, 0.1) is 24.4 Å². The topological polar surface area (TPSA) is 220 Å². The van der Waals surface area contributed by atoms with Crippen molar-refractivity contribution in [3.8, 4) is 5.75 Å². The molecule has 10 N–H and O–H groups in total. The summed E-state index contributed by atoms with van der Waals surface area (Å²) in [5.41, 5.74) is 18.0. The Morgan fingerprint density at radius 1 is 1.15 bits per heavy atom. The zero-order valence-electron chi connectivity index (χ0n) is 22.5.